The number of halogens is 1. The summed E-state index contributed by atoms with van der Waals surface area (Å²) in [5.74, 6) is -0.290. The van der Waals surface area contributed by atoms with Gasteiger partial charge in [-0.15, -0.1) is 0 Å². The number of nitrogens with zero attached hydrogens (tertiary/aromatic N) is 2. The lowest BCUT2D eigenvalue weighted by Crippen LogP contribution is -2.48. The van der Waals surface area contributed by atoms with Crippen LogP contribution in [-0.4, -0.2) is 36.1 Å². The van der Waals surface area contributed by atoms with Crippen LogP contribution in [-0.2, 0) is 9.53 Å². The Hall–Kier alpha value is -2.03. The molecule has 0 saturated carbocycles. The summed E-state index contributed by atoms with van der Waals surface area (Å²) in [5, 5.41) is 12.9. The molecule has 0 spiro atoms. The third-order valence-corrected chi connectivity index (χ3v) is 4.11. The van der Waals surface area contributed by atoms with Crippen molar-refractivity contribution >= 4 is 23.2 Å². The molecule has 23 heavy (non-hydrogen) atoms. The van der Waals surface area contributed by atoms with Crippen molar-refractivity contribution < 1.29 is 9.53 Å². The summed E-state index contributed by atoms with van der Waals surface area (Å²) in [4.78, 5) is 14.2. The van der Waals surface area contributed by atoms with Gasteiger partial charge in [-0.25, -0.2) is 0 Å². The van der Waals surface area contributed by atoms with Crippen molar-refractivity contribution in [3.8, 4) is 6.07 Å². The number of anilines is 1. The van der Waals surface area contributed by atoms with Crippen LogP contribution in [0.1, 0.15) is 19.4 Å². The molecular formula is C17H20ClN3O2. The van der Waals surface area contributed by atoms with E-state index in [1.807, 2.05) is 39.0 Å². The van der Waals surface area contributed by atoms with E-state index < -0.39 is 0 Å². The number of amides is 1. The first-order valence-corrected chi connectivity index (χ1v) is 7.86. The van der Waals surface area contributed by atoms with Crippen molar-refractivity contribution in [1.82, 2.24) is 4.90 Å². The molecule has 0 aliphatic carbocycles. The fourth-order valence-electron chi connectivity index (χ4n) is 2.57. The number of carbonyl (C=O) groups is 1. The maximum atomic E-state index is 12.5. The normalized spacial score (nSPS) is 21.7. The van der Waals surface area contributed by atoms with E-state index in [4.69, 9.17) is 16.3 Å². The second-order valence-corrected chi connectivity index (χ2v) is 6.10. The van der Waals surface area contributed by atoms with Gasteiger partial charge in [0.2, 0.25) is 0 Å². The fraction of sp³-hybridized carbons (Fsp3) is 0.412. The summed E-state index contributed by atoms with van der Waals surface area (Å²) in [6, 6.07) is 7.41. The highest BCUT2D eigenvalue weighted by Crippen LogP contribution is 2.23. The molecule has 6 heteroatoms. The molecule has 1 N–H and O–H groups in total. The van der Waals surface area contributed by atoms with Gasteiger partial charge in [-0.2, -0.15) is 5.26 Å². The minimum Gasteiger partial charge on any atom is -0.372 e. The Morgan fingerprint density at radius 1 is 1.43 bits per heavy atom. The number of rotatable bonds is 3. The van der Waals surface area contributed by atoms with Crippen LogP contribution < -0.4 is 5.32 Å². The molecule has 2 unspecified atom stereocenters. The third kappa shape index (κ3) is 4.25. The van der Waals surface area contributed by atoms with Gasteiger partial charge >= 0.3 is 0 Å². The Labute approximate surface area is 141 Å². The first-order valence-electron chi connectivity index (χ1n) is 7.49. The molecule has 1 aromatic carbocycles. The van der Waals surface area contributed by atoms with Crippen LogP contribution in [0.15, 0.2) is 30.0 Å². The highest BCUT2D eigenvalue weighted by molar-refractivity contribution is 6.31. The van der Waals surface area contributed by atoms with Crippen LogP contribution in [0.25, 0.3) is 0 Å². The zero-order valence-electron chi connectivity index (χ0n) is 13.5. The van der Waals surface area contributed by atoms with Gasteiger partial charge in [-0.1, -0.05) is 17.7 Å². The number of hydrogen-bond acceptors (Lipinski definition) is 4. The third-order valence-electron chi connectivity index (χ3n) is 3.70. The van der Waals surface area contributed by atoms with Gasteiger partial charge < -0.3 is 15.0 Å². The number of morpholine rings is 1. The Balaban J connectivity index is 2.14. The molecule has 0 bridgehead atoms. The van der Waals surface area contributed by atoms with Crippen LogP contribution in [0.4, 0.5) is 5.69 Å². The largest absolute Gasteiger partial charge is 0.372 e. The van der Waals surface area contributed by atoms with Crippen LogP contribution in [0.2, 0.25) is 5.02 Å². The van der Waals surface area contributed by atoms with Crippen LogP contribution in [0, 0.1) is 18.3 Å². The van der Waals surface area contributed by atoms with E-state index in [9.17, 15) is 10.1 Å². The van der Waals surface area contributed by atoms with Crippen LogP contribution >= 0.6 is 11.6 Å². The molecule has 0 radical (unpaired) electrons. The standard InChI is InChI=1S/C17H20ClN3O2/c1-11-9-21(10-12(2)23-11)17(22)14(7-19)8-20-16-6-4-5-15(18)13(16)3/h4-6,8,11-12,20H,9-10H2,1-3H3/b14-8-. The first kappa shape index (κ1) is 17.3. The Kier molecular flexibility index (Phi) is 5.64. The first-order chi connectivity index (χ1) is 10.9. The van der Waals surface area contributed by atoms with E-state index in [-0.39, 0.29) is 23.7 Å². The predicted molar refractivity (Wildman–Crippen MR) is 90.1 cm³/mol. The van der Waals surface area contributed by atoms with Crippen molar-refractivity contribution in [2.45, 2.75) is 33.0 Å². The minimum atomic E-state index is -0.290. The monoisotopic (exact) mass is 333 g/mol. The zero-order chi connectivity index (χ0) is 17.0. The molecular weight excluding hydrogens is 314 g/mol. The van der Waals surface area contributed by atoms with Crippen molar-refractivity contribution in [3.05, 3.63) is 40.6 Å². The molecule has 1 heterocycles. The molecule has 5 nitrogen and oxygen atoms in total. The van der Waals surface area contributed by atoms with E-state index in [2.05, 4.69) is 5.32 Å². The lowest BCUT2D eigenvalue weighted by molar-refractivity contribution is -0.138. The van der Waals surface area contributed by atoms with Crippen molar-refractivity contribution in [2.24, 2.45) is 0 Å². The number of ether oxygens (including phenoxy) is 1. The van der Waals surface area contributed by atoms with E-state index in [1.54, 1.807) is 11.0 Å². The quantitative estimate of drug-likeness (QED) is 0.682. The Morgan fingerprint density at radius 3 is 2.70 bits per heavy atom. The summed E-state index contributed by atoms with van der Waals surface area (Å²) in [7, 11) is 0. The summed E-state index contributed by atoms with van der Waals surface area (Å²) in [6.45, 7) is 6.67. The molecule has 1 saturated heterocycles. The summed E-state index contributed by atoms with van der Waals surface area (Å²) in [5.41, 5.74) is 1.69. The molecule has 2 rings (SSSR count). The molecule has 1 amide bonds. The zero-order valence-corrected chi connectivity index (χ0v) is 14.2. The summed E-state index contributed by atoms with van der Waals surface area (Å²) >= 11 is 6.06. The SMILES string of the molecule is Cc1c(Cl)cccc1N/C=C(/C#N)C(=O)N1CC(C)OC(C)C1. The smallest absolute Gasteiger partial charge is 0.266 e. The van der Waals surface area contributed by atoms with Gasteiger partial charge in [0.1, 0.15) is 11.6 Å². The van der Waals surface area contributed by atoms with Crippen molar-refractivity contribution in [2.75, 3.05) is 18.4 Å². The lowest BCUT2D eigenvalue weighted by atomic mass is 10.1. The number of nitrogens with one attached hydrogen (secondary N) is 1. The molecule has 1 aliphatic rings. The van der Waals surface area contributed by atoms with E-state index in [0.29, 0.717) is 18.1 Å². The lowest BCUT2D eigenvalue weighted by Gasteiger charge is -2.35. The molecule has 1 aromatic rings. The maximum Gasteiger partial charge on any atom is 0.266 e. The highest BCUT2D eigenvalue weighted by atomic mass is 35.5. The second kappa shape index (κ2) is 7.49. The van der Waals surface area contributed by atoms with Gasteiger partial charge in [-0.3, -0.25) is 4.79 Å². The topological polar surface area (TPSA) is 65.4 Å². The summed E-state index contributed by atoms with van der Waals surface area (Å²) < 4.78 is 5.61. The molecule has 2 atom stereocenters. The van der Waals surface area contributed by atoms with Gasteiger partial charge in [0.15, 0.2) is 0 Å². The van der Waals surface area contributed by atoms with Crippen molar-refractivity contribution in [1.29, 1.82) is 5.26 Å². The Morgan fingerprint density at radius 2 is 2.09 bits per heavy atom. The minimum absolute atomic E-state index is 0.0363. The van der Waals surface area contributed by atoms with E-state index in [0.717, 1.165) is 11.3 Å². The fourth-order valence-corrected chi connectivity index (χ4v) is 2.74. The predicted octanol–water partition coefficient (Wildman–Crippen LogP) is 3.10. The van der Waals surface area contributed by atoms with Crippen LogP contribution in [0.5, 0.6) is 0 Å². The second-order valence-electron chi connectivity index (χ2n) is 5.69. The number of benzene rings is 1. The van der Waals surface area contributed by atoms with E-state index >= 15 is 0 Å². The molecule has 122 valence electrons. The number of carbonyl (C=O) groups excluding carboxylic acids is 1. The average Bonchev–Trinajstić information content (AvgIpc) is 2.50. The maximum absolute atomic E-state index is 12.5. The number of nitriles is 1. The Bertz CT molecular complexity index is 656. The van der Waals surface area contributed by atoms with Crippen molar-refractivity contribution in [3.63, 3.8) is 0 Å². The molecule has 0 aromatic heterocycles. The van der Waals surface area contributed by atoms with Gasteiger partial charge in [0.25, 0.3) is 5.91 Å². The molecule has 1 fully saturated rings. The van der Waals surface area contributed by atoms with Gasteiger partial charge in [0.05, 0.1) is 12.2 Å². The van der Waals surface area contributed by atoms with Gasteiger partial charge in [-0.05, 0) is 38.5 Å². The van der Waals surface area contributed by atoms with E-state index in [1.165, 1.54) is 6.20 Å². The summed E-state index contributed by atoms with van der Waals surface area (Å²) in [6.07, 6.45) is 1.36. The van der Waals surface area contributed by atoms with Crippen LogP contribution in [0.3, 0.4) is 0 Å². The van der Waals surface area contributed by atoms with Gasteiger partial charge in [0, 0.05) is 30.0 Å². The molecule has 1 aliphatic heterocycles. The highest BCUT2D eigenvalue weighted by Gasteiger charge is 2.27. The number of hydrogen-bond donors (Lipinski definition) is 1. The average molecular weight is 334 g/mol.